The fourth-order valence-electron chi connectivity index (χ4n) is 1.92. The fourth-order valence-corrected chi connectivity index (χ4v) is 3.90. The average molecular weight is 261 g/mol. The molecule has 72 valence electrons. The Labute approximate surface area is 90.9 Å². The standard InChI is InChI=1S/C10H13BrOS/c1-5-9(7-3-4-8(7)12)10(11)6(2)13-5/h7-8,12H,3-4H2,1-2H3. The molecule has 1 N–H and O–H groups in total. The predicted octanol–water partition coefficient (Wildman–Crippen LogP) is 3.37. The average Bonchev–Trinajstić information content (AvgIpc) is 2.30. The molecule has 1 fully saturated rings. The highest BCUT2D eigenvalue weighted by molar-refractivity contribution is 9.10. The van der Waals surface area contributed by atoms with E-state index in [1.807, 2.05) is 11.3 Å². The molecule has 0 aromatic carbocycles. The normalized spacial score (nSPS) is 27.4. The first-order valence-electron chi connectivity index (χ1n) is 4.54. The summed E-state index contributed by atoms with van der Waals surface area (Å²) in [5, 5.41) is 9.60. The van der Waals surface area contributed by atoms with E-state index in [1.165, 1.54) is 19.8 Å². The molecule has 0 spiro atoms. The van der Waals surface area contributed by atoms with Crippen LogP contribution < -0.4 is 0 Å². The van der Waals surface area contributed by atoms with Gasteiger partial charge in [0.25, 0.3) is 0 Å². The van der Waals surface area contributed by atoms with Crippen LogP contribution in [0.5, 0.6) is 0 Å². The highest BCUT2D eigenvalue weighted by Gasteiger charge is 2.33. The molecule has 1 aromatic heterocycles. The molecule has 0 amide bonds. The Balaban J connectivity index is 2.38. The molecule has 1 aliphatic carbocycles. The first kappa shape index (κ1) is 9.69. The number of thiophene rings is 1. The first-order valence-corrected chi connectivity index (χ1v) is 6.15. The molecule has 13 heavy (non-hydrogen) atoms. The van der Waals surface area contributed by atoms with Crippen LogP contribution in [0.3, 0.4) is 0 Å². The number of rotatable bonds is 1. The van der Waals surface area contributed by atoms with Crippen LogP contribution in [-0.4, -0.2) is 11.2 Å². The summed E-state index contributed by atoms with van der Waals surface area (Å²) < 4.78 is 1.22. The number of aryl methyl sites for hydroxylation is 2. The molecule has 0 saturated heterocycles. The Hall–Kier alpha value is 0.140. The topological polar surface area (TPSA) is 20.2 Å². The van der Waals surface area contributed by atoms with Gasteiger partial charge in [-0.3, -0.25) is 0 Å². The van der Waals surface area contributed by atoms with Gasteiger partial charge in [0.2, 0.25) is 0 Å². The van der Waals surface area contributed by atoms with Crippen molar-refractivity contribution in [2.24, 2.45) is 0 Å². The highest BCUT2D eigenvalue weighted by Crippen LogP contribution is 2.45. The molecule has 1 aliphatic rings. The molecule has 0 bridgehead atoms. The van der Waals surface area contributed by atoms with Gasteiger partial charge < -0.3 is 5.11 Å². The minimum absolute atomic E-state index is 0.107. The van der Waals surface area contributed by atoms with Gasteiger partial charge in [-0.05, 0) is 48.2 Å². The predicted molar refractivity (Wildman–Crippen MR) is 59.5 cm³/mol. The molecule has 2 rings (SSSR count). The molecule has 1 aromatic rings. The van der Waals surface area contributed by atoms with E-state index in [0.29, 0.717) is 5.92 Å². The molecule has 1 saturated carbocycles. The third-order valence-corrected chi connectivity index (χ3v) is 5.16. The summed E-state index contributed by atoms with van der Waals surface area (Å²) in [5.74, 6) is 0.388. The zero-order chi connectivity index (χ0) is 9.59. The molecular weight excluding hydrogens is 248 g/mol. The van der Waals surface area contributed by atoms with E-state index in [-0.39, 0.29) is 6.10 Å². The van der Waals surface area contributed by atoms with E-state index >= 15 is 0 Å². The van der Waals surface area contributed by atoms with Gasteiger partial charge in [-0.2, -0.15) is 0 Å². The number of aliphatic hydroxyl groups excluding tert-OH is 1. The first-order chi connectivity index (χ1) is 6.11. The van der Waals surface area contributed by atoms with Crippen molar-refractivity contribution in [2.75, 3.05) is 0 Å². The lowest BCUT2D eigenvalue weighted by Gasteiger charge is -2.33. The van der Waals surface area contributed by atoms with Crippen molar-refractivity contribution >= 4 is 27.3 Å². The zero-order valence-electron chi connectivity index (χ0n) is 7.80. The third kappa shape index (κ3) is 1.47. The summed E-state index contributed by atoms with van der Waals surface area (Å²) in [4.78, 5) is 2.68. The lowest BCUT2D eigenvalue weighted by atomic mass is 9.77. The SMILES string of the molecule is Cc1sc(C)c(C2CCC2O)c1Br. The number of hydrogen-bond donors (Lipinski definition) is 1. The van der Waals surface area contributed by atoms with Crippen LogP contribution >= 0.6 is 27.3 Å². The summed E-state index contributed by atoms with van der Waals surface area (Å²) in [6, 6.07) is 0. The maximum Gasteiger partial charge on any atom is 0.0609 e. The number of hydrogen-bond acceptors (Lipinski definition) is 2. The monoisotopic (exact) mass is 260 g/mol. The van der Waals surface area contributed by atoms with Gasteiger partial charge in [-0.1, -0.05) is 0 Å². The van der Waals surface area contributed by atoms with Crippen LogP contribution in [0.15, 0.2) is 4.47 Å². The fraction of sp³-hybridized carbons (Fsp3) is 0.600. The van der Waals surface area contributed by atoms with Crippen molar-refractivity contribution in [2.45, 2.75) is 38.7 Å². The second-order valence-electron chi connectivity index (χ2n) is 3.69. The lowest BCUT2D eigenvalue weighted by molar-refractivity contribution is 0.0657. The molecule has 0 aliphatic heterocycles. The minimum atomic E-state index is -0.107. The summed E-state index contributed by atoms with van der Waals surface area (Å²) in [5.41, 5.74) is 1.35. The van der Waals surface area contributed by atoms with Crippen LogP contribution in [0, 0.1) is 13.8 Å². The quantitative estimate of drug-likeness (QED) is 0.821. The van der Waals surface area contributed by atoms with Crippen molar-refractivity contribution in [1.29, 1.82) is 0 Å². The second-order valence-corrected chi connectivity index (χ2v) is 5.92. The van der Waals surface area contributed by atoms with E-state index in [9.17, 15) is 5.11 Å². The van der Waals surface area contributed by atoms with Gasteiger partial charge in [0.15, 0.2) is 0 Å². The van der Waals surface area contributed by atoms with E-state index in [2.05, 4.69) is 29.8 Å². The maximum atomic E-state index is 9.60. The third-order valence-electron chi connectivity index (χ3n) is 2.84. The molecular formula is C10H13BrOS. The van der Waals surface area contributed by atoms with Crippen LogP contribution in [0.2, 0.25) is 0 Å². The van der Waals surface area contributed by atoms with Crippen LogP contribution in [0.4, 0.5) is 0 Å². The van der Waals surface area contributed by atoms with E-state index in [4.69, 9.17) is 0 Å². The van der Waals surface area contributed by atoms with E-state index < -0.39 is 0 Å². The molecule has 0 radical (unpaired) electrons. The van der Waals surface area contributed by atoms with Crippen molar-refractivity contribution in [3.63, 3.8) is 0 Å². The number of aliphatic hydroxyl groups is 1. The second kappa shape index (κ2) is 3.37. The summed E-state index contributed by atoms with van der Waals surface area (Å²) in [6.07, 6.45) is 1.99. The van der Waals surface area contributed by atoms with Gasteiger partial charge in [-0.15, -0.1) is 11.3 Å². The van der Waals surface area contributed by atoms with Crippen LogP contribution in [0.1, 0.15) is 34.1 Å². The molecule has 2 unspecified atom stereocenters. The highest BCUT2D eigenvalue weighted by atomic mass is 79.9. The molecule has 3 heteroatoms. The Morgan fingerprint density at radius 3 is 2.31 bits per heavy atom. The summed E-state index contributed by atoms with van der Waals surface area (Å²) >= 11 is 5.42. The zero-order valence-corrected chi connectivity index (χ0v) is 10.2. The van der Waals surface area contributed by atoms with Crippen molar-refractivity contribution in [1.82, 2.24) is 0 Å². The largest absolute Gasteiger partial charge is 0.392 e. The lowest BCUT2D eigenvalue weighted by Crippen LogP contribution is -2.29. The number of halogens is 1. The Bertz CT molecular complexity index is 332. The van der Waals surface area contributed by atoms with E-state index in [1.54, 1.807) is 0 Å². The van der Waals surface area contributed by atoms with Crippen molar-refractivity contribution < 1.29 is 5.11 Å². The Morgan fingerprint density at radius 1 is 1.31 bits per heavy atom. The molecule has 1 nitrogen and oxygen atoms in total. The Kier molecular flexibility index (Phi) is 2.51. The van der Waals surface area contributed by atoms with E-state index in [0.717, 1.165) is 12.8 Å². The molecule has 1 heterocycles. The summed E-state index contributed by atoms with van der Waals surface area (Å²) in [6.45, 7) is 4.26. The smallest absolute Gasteiger partial charge is 0.0609 e. The van der Waals surface area contributed by atoms with Gasteiger partial charge in [0.1, 0.15) is 0 Å². The van der Waals surface area contributed by atoms with Gasteiger partial charge in [-0.25, -0.2) is 0 Å². The maximum absolute atomic E-state index is 9.60. The summed E-state index contributed by atoms with van der Waals surface area (Å²) in [7, 11) is 0. The van der Waals surface area contributed by atoms with Crippen molar-refractivity contribution in [3.05, 3.63) is 19.8 Å². The van der Waals surface area contributed by atoms with Gasteiger partial charge in [0, 0.05) is 20.1 Å². The van der Waals surface area contributed by atoms with Crippen LogP contribution in [-0.2, 0) is 0 Å². The Morgan fingerprint density at radius 2 is 2.00 bits per heavy atom. The van der Waals surface area contributed by atoms with Gasteiger partial charge in [0.05, 0.1) is 6.10 Å². The minimum Gasteiger partial charge on any atom is -0.392 e. The van der Waals surface area contributed by atoms with Gasteiger partial charge >= 0.3 is 0 Å². The molecule has 2 atom stereocenters. The van der Waals surface area contributed by atoms with Crippen molar-refractivity contribution in [3.8, 4) is 0 Å². The van der Waals surface area contributed by atoms with Crippen LogP contribution in [0.25, 0.3) is 0 Å².